The number of aliphatic hydroxyl groups excluding tert-OH is 1. The summed E-state index contributed by atoms with van der Waals surface area (Å²) in [6, 6.07) is 0. The van der Waals surface area contributed by atoms with Gasteiger partial charge in [0.25, 0.3) is 0 Å². The van der Waals surface area contributed by atoms with Crippen molar-refractivity contribution in [3.05, 3.63) is 0 Å². The minimum absolute atomic E-state index is 0.278. The van der Waals surface area contributed by atoms with E-state index in [1.807, 2.05) is 6.92 Å². The number of aliphatic hydroxyl groups is 2. The molecule has 3 nitrogen and oxygen atoms in total. The van der Waals surface area contributed by atoms with Gasteiger partial charge in [-0.3, -0.25) is 0 Å². The first-order valence-corrected chi connectivity index (χ1v) is 6.27. The Morgan fingerprint density at radius 3 is 2.33 bits per heavy atom. The summed E-state index contributed by atoms with van der Waals surface area (Å²) in [5.41, 5.74) is -0.524. The second-order valence-corrected chi connectivity index (χ2v) is 4.83. The van der Waals surface area contributed by atoms with Crippen molar-refractivity contribution >= 4 is 0 Å². The van der Waals surface area contributed by atoms with Crippen LogP contribution in [0.25, 0.3) is 0 Å². The van der Waals surface area contributed by atoms with Crippen LogP contribution in [-0.2, 0) is 0 Å². The van der Waals surface area contributed by atoms with Crippen LogP contribution in [0.2, 0.25) is 0 Å². The summed E-state index contributed by atoms with van der Waals surface area (Å²) in [5.74, 6) is 0. The molecule has 0 spiro atoms. The predicted octanol–water partition coefficient (Wildman–Crippen LogP) is 1.43. The lowest BCUT2D eigenvalue weighted by molar-refractivity contribution is 0.0223. The zero-order valence-corrected chi connectivity index (χ0v) is 9.84. The quantitative estimate of drug-likeness (QED) is 0.608. The van der Waals surface area contributed by atoms with Crippen molar-refractivity contribution in [2.75, 3.05) is 13.1 Å². The predicted molar refractivity (Wildman–Crippen MR) is 61.8 cm³/mol. The fourth-order valence-electron chi connectivity index (χ4n) is 2.18. The first-order chi connectivity index (χ1) is 7.16. The van der Waals surface area contributed by atoms with Crippen LogP contribution in [-0.4, -0.2) is 35.0 Å². The van der Waals surface area contributed by atoms with Crippen molar-refractivity contribution in [3.8, 4) is 0 Å². The Hall–Kier alpha value is -0.120. The first-order valence-electron chi connectivity index (χ1n) is 6.27. The van der Waals surface area contributed by atoms with Crippen molar-refractivity contribution in [2.24, 2.45) is 0 Å². The zero-order chi connectivity index (χ0) is 11.1. The van der Waals surface area contributed by atoms with E-state index < -0.39 is 5.60 Å². The fraction of sp³-hybridized carbons (Fsp3) is 1.00. The standard InChI is InChI=1S/C12H25NO2/c1-2-11(14)9-13-10-12(15)7-5-3-4-6-8-12/h11,13-15H,2-10H2,1H3. The molecule has 0 aromatic carbocycles. The highest BCUT2D eigenvalue weighted by Crippen LogP contribution is 2.26. The molecule has 1 atom stereocenters. The molecule has 1 rings (SSSR count). The van der Waals surface area contributed by atoms with E-state index in [-0.39, 0.29) is 6.10 Å². The fourth-order valence-corrected chi connectivity index (χ4v) is 2.18. The van der Waals surface area contributed by atoms with E-state index in [1.54, 1.807) is 0 Å². The van der Waals surface area contributed by atoms with Gasteiger partial charge in [-0.05, 0) is 19.3 Å². The molecule has 1 aliphatic rings. The van der Waals surface area contributed by atoms with E-state index in [1.165, 1.54) is 12.8 Å². The highest BCUT2D eigenvalue weighted by molar-refractivity contribution is 4.83. The van der Waals surface area contributed by atoms with Gasteiger partial charge >= 0.3 is 0 Å². The van der Waals surface area contributed by atoms with Crippen LogP contribution >= 0.6 is 0 Å². The molecule has 0 amide bonds. The van der Waals surface area contributed by atoms with E-state index in [9.17, 15) is 10.2 Å². The van der Waals surface area contributed by atoms with Gasteiger partial charge in [-0.2, -0.15) is 0 Å². The Morgan fingerprint density at radius 1 is 1.20 bits per heavy atom. The van der Waals surface area contributed by atoms with Crippen LogP contribution in [0.4, 0.5) is 0 Å². The van der Waals surface area contributed by atoms with Gasteiger partial charge in [-0.1, -0.05) is 32.6 Å². The molecule has 0 bridgehead atoms. The maximum Gasteiger partial charge on any atom is 0.0771 e. The van der Waals surface area contributed by atoms with E-state index in [2.05, 4.69) is 5.32 Å². The summed E-state index contributed by atoms with van der Waals surface area (Å²) < 4.78 is 0. The van der Waals surface area contributed by atoms with Crippen LogP contribution in [0.1, 0.15) is 51.9 Å². The summed E-state index contributed by atoms with van der Waals surface area (Å²) in [6.07, 6.45) is 7.07. The number of hydrogen-bond acceptors (Lipinski definition) is 3. The van der Waals surface area contributed by atoms with Crippen molar-refractivity contribution in [3.63, 3.8) is 0 Å². The highest BCUT2D eigenvalue weighted by Gasteiger charge is 2.27. The first kappa shape index (κ1) is 12.9. The molecule has 0 aromatic rings. The van der Waals surface area contributed by atoms with Crippen LogP contribution in [0, 0.1) is 0 Å². The number of hydrogen-bond donors (Lipinski definition) is 3. The Bertz CT molecular complexity index is 165. The molecule has 0 saturated heterocycles. The minimum Gasteiger partial charge on any atom is -0.392 e. The third kappa shape index (κ3) is 4.96. The van der Waals surface area contributed by atoms with Gasteiger partial charge in [0, 0.05) is 13.1 Å². The Morgan fingerprint density at radius 2 is 1.80 bits per heavy atom. The van der Waals surface area contributed by atoms with Gasteiger partial charge in [-0.25, -0.2) is 0 Å². The third-order valence-corrected chi connectivity index (χ3v) is 3.34. The van der Waals surface area contributed by atoms with Crippen LogP contribution in [0.3, 0.4) is 0 Å². The topological polar surface area (TPSA) is 52.5 Å². The summed E-state index contributed by atoms with van der Waals surface area (Å²) in [7, 11) is 0. The second-order valence-electron chi connectivity index (χ2n) is 4.83. The Kier molecular flexibility index (Phi) is 5.58. The maximum absolute atomic E-state index is 10.3. The lowest BCUT2D eigenvalue weighted by Gasteiger charge is -2.27. The van der Waals surface area contributed by atoms with Crippen LogP contribution in [0.15, 0.2) is 0 Å². The molecule has 0 aromatic heterocycles. The maximum atomic E-state index is 10.3. The monoisotopic (exact) mass is 215 g/mol. The second kappa shape index (κ2) is 6.46. The van der Waals surface area contributed by atoms with Crippen LogP contribution < -0.4 is 5.32 Å². The molecule has 1 unspecified atom stereocenters. The largest absolute Gasteiger partial charge is 0.392 e. The number of nitrogens with one attached hydrogen (secondary N) is 1. The van der Waals surface area contributed by atoms with E-state index in [4.69, 9.17) is 0 Å². The van der Waals surface area contributed by atoms with Gasteiger partial charge < -0.3 is 15.5 Å². The Labute approximate surface area is 92.9 Å². The van der Waals surface area contributed by atoms with Crippen molar-refractivity contribution in [1.82, 2.24) is 5.32 Å². The molecule has 1 aliphatic carbocycles. The molecule has 1 fully saturated rings. The lowest BCUT2D eigenvalue weighted by atomic mass is 9.94. The van der Waals surface area contributed by atoms with E-state index >= 15 is 0 Å². The molecular weight excluding hydrogens is 190 g/mol. The zero-order valence-electron chi connectivity index (χ0n) is 9.84. The molecule has 15 heavy (non-hydrogen) atoms. The summed E-state index contributed by atoms with van der Waals surface area (Å²) >= 11 is 0. The lowest BCUT2D eigenvalue weighted by Crippen LogP contribution is -2.42. The molecule has 90 valence electrons. The molecule has 0 radical (unpaired) electrons. The smallest absolute Gasteiger partial charge is 0.0771 e. The van der Waals surface area contributed by atoms with E-state index in [0.29, 0.717) is 13.1 Å². The average molecular weight is 215 g/mol. The summed E-state index contributed by atoms with van der Waals surface area (Å²) in [6.45, 7) is 3.19. The number of rotatable bonds is 5. The summed E-state index contributed by atoms with van der Waals surface area (Å²) in [4.78, 5) is 0. The SMILES string of the molecule is CCC(O)CNCC1(O)CCCCCC1. The molecule has 0 aliphatic heterocycles. The molecule has 1 saturated carbocycles. The third-order valence-electron chi connectivity index (χ3n) is 3.34. The molecule has 0 heterocycles. The van der Waals surface area contributed by atoms with Crippen LogP contribution in [0.5, 0.6) is 0 Å². The van der Waals surface area contributed by atoms with Crippen molar-refractivity contribution < 1.29 is 10.2 Å². The van der Waals surface area contributed by atoms with Crippen molar-refractivity contribution in [1.29, 1.82) is 0 Å². The van der Waals surface area contributed by atoms with E-state index in [0.717, 1.165) is 32.1 Å². The van der Waals surface area contributed by atoms with Gasteiger partial charge in [0.05, 0.1) is 11.7 Å². The summed E-state index contributed by atoms with van der Waals surface area (Å²) in [5, 5.41) is 22.8. The van der Waals surface area contributed by atoms with Crippen molar-refractivity contribution in [2.45, 2.75) is 63.6 Å². The average Bonchev–Trinajstić information content (AvgIpc) is 2.43. The van der Waals surface area contributed by atoms with Gasteiger partial charge in [0.1, 0.15) is 0 Å². The molecule has 3 heteroatoms. The van der Waals surface area contributed by atoms with Gasteiger partial charge in [-0.15, -0.1) is 0 Å². The van der Waals surface area contributed by atoms with Gasteiger partial charge in [0.15, 0.2) is 0 Å². The Balaban J connectivity index is 2.22. The molecule has 3 N–H and O–H groups in total. The minimum atomic E-state index is -0.524. The van der Waals surface area contributed by atoms with Gasteiger partial charge in [0.2, 0.25) is 0 Å². The molecular formula is C12H25NO2. The normalized spacial score (nSPS) is 23.4. The highest BCUT2D eigenvalue weighted by atomic mass is 16.3.